The predicted octanol–water partition coefficient (Wildman–Crippen LogP) is 4.89. The van der Waals surface area contributed by atoms with Gasteiger partial charge in [-0.15, -0.1) is 0 Å². The molecule has 1 aliphatic carbocycles. The average Bonchev–Trinajstić information content (AvgIpc) is 3.60. The molecule has 1 aromatic heterocycles. The van der Waals surface area contributed by atoms with Crippen LogP contribution in [0.25, 0.3) is 11.1 Å². The molecule has 1 amide bonds. The Labute approximate surface area is 195 Å². The number of carbonyl (C=O) groups is 1. The van der Waals surface area contributed by atoms with Crippen LogP contribution in [0.2, 0.25) is 0 Å². The van der Waals surface area contributed by atoms with Gasteiger partial charge in [-0.2, -0.15) is 0 Å². The molecule has 5 nitrogen and oxygen atoms in total. The molecule has 0 unspecified atom stereocenters. The van der Waals surface area contributed by atoms with E-state index in [1.54, 1.807) is 13.2 Å². The van der Waals surface area contributed by atoms with Gasteiger partial charge in [0.2, 0.25) is 0 Å². The summed E-state index contributed by atoms with van der Waals surface area (Å²) in [5, 5.41) is 10.2. The number of benzene rings is 2. The van der Waals surface area contributed by atoms with Crippen molar-refractivity contribution < 1.29 is 14.6 Å². The Morgan fingerprint density at radius 3 is 2.67 bits per heavy atom. The number of aliphatic hydroxyl groups is 1. The number of hydrogen-bond donors (Lipinski definition) is 1. The van der Waals surface area contributed by atoms with Crippen LogP contribution in [0.4, 0.5) is 0 Å². The fourth-order valence-corrected chi connectivity index (χ4v) is 5.01. The van der Waals surface area contributed by atoms with Gasteiger partial charge in [-0.3, -0.25) is 4.79 Å². The Morgan fingerprint density at radius 1 is 1.03 bits per heavy atom. The van der Waals surface area contributed by atoms with Crippen LogP contribution < -0.4 is 0 Å². The lowest BCUT2D eigenvalue weighted by molar-refractivity contribution is 0.0784. The van der Waals surface area contributed by atoms with Crippen LogP contribution in [0.15, 0.2) is 60.7 Å². The van der Waals surface area contributed by atoms with Gasteiger partial charge >= 0.3 is 0 Å². The van der Waals surface area contributed by atoms with Gasteiger partial charge in [-0.25, -0.2) is 4.98 Å². The predicted molar refractivity (Wildman–Crippen MR) is 128 cm³/mol. The quantitative estimate of drug-likeness (QED) is 0.566. The highest BCUT2D eigenvalue weighted by Gasteiger charge is 2.30. The van der Waals surface area contributed by atoms with Crippen molar-refractivity contribution in [2.75, 3.05) is 20.2 Å². The van der Waals surface area contributed by atoms with Crippen molar-refractivity contribution in [3.05, 3.63) is 88.7 Å². The van der Waals surface area contributed by atoms with E-state index >= 15 is 0 Å². The lowest BCUT2D eigenvalue weighted by Gasteiger charge is -2.19. The minimum atomic E-state index is -0.0454. The molecule has 2 heterocycles. The summed E-state index contributed by atoms with van der Waals surface area (Å²) < 4.78 is 5.14. The highest BCUT2D eigenvalue weighted by atomic mass is 16.5. The Kier molecular flexibility index (Phi) is 6.25. The van der Waals surface area contributed by atoms with Gasteiger partial charge in [0, 0.05) is 26.1 Å². The molecule has 2 fully saturated rings. The van der Waals surface area contributed by atoms with Crippen molar-refractivity contribution >= 4 is 5.91 Å². The number of methoxy groups -OCH3 is 1. The largest absolute Gasteiger partial charge is 0.392 e. The van der Waals surface area contributed by atoms with Crippen LogP contribution in [0.1, 0.15) is 64.0 Å². The molecule has 0 radical (unpaired) electrons. The van der Waals surface area contributed by atoms with Gasteiger partial charge < -0.3 is 14.7 Å². The van der Waals surface area contributed by atoms with Crippen LogP contribution in [-0.4, -0.2) is 41.1 Å². The molecule has 0 bridgehead atoms. The zero-order valence-electron chi connectivity index (χ0n) is 19.0. The molecular weight excluding hydrogens is 412 g/mol. The number of ether oxygens (including phenoxy) is 1. The van der Waals surface area contributed by atoms with Crippen molar-refractivity contribution in [3.8, 4) is 11.1 Å². The third kappa shape index (κ3) is 4.56. The molecule has 2 aromatic carbocycles. The maximum absolute atomic E-state index is 13.1. The van der Waals surface area contributed by atoms with E-state index in [0.717, 1.165) is 28.8 Å². The summed E-state index contributed by atoms with van der Waals surface area (Å²) in [5.74, 6) is 0.839. The minimum Gasteiger partial charge on any atom is -0.392 e. The first-order valence-corrected chi connectivity index (χ1v) is 11.7. The number of likely N-dealkylation sites (tertiary alicyclic amines) is 1. The number of nitrogens with zero attached hydrogens (tertiary/aromatic N) is 2. The Morgan fingerprint density at radius 2 is 1.88 bits per heavy atom. The molecule has 1 aliphatic heterocycles. The summed E-state index contributed by atoms with van der Waals surface area (Å²) in [6.45, 7) is 1.72. The van der Waals surface area contributed by atoms with E-state index in [1.807, 2.05) is 17.0 Å². The van der Waals surface area contributed by atoms with E-state index < -0.39 is 0 Å². The fourth-order valence-electron chi connectivity index (χ4n) is 5.01. The Balaban J connectivity index is 1.35. The summed E-state index contributed by atoms with van der Waals surface area (Å²) in [5.41, 5.74) is 7.15. The normalized spacial score (nSPS) is 18.0. The SMILES string of the molecule is COCc1cccc(C(=O)N2CC[C@H](c3ccc(-c4ccccc4C4CC4)cc3CO)C2)n1. The van der Waals surface area contributed by atoms with Crippen LogP contribution in [-0.2, 0) is 18.0 Å². The number of aromatic nitrogens is 1. The average molecular weight is 443 g/mol. The smallest absolute Gasteiger partial charge is 0.272 e. The molecule has 5 rings (SSSR count). The van der Waals surface area contributed by atoms with Crippen molar-refractivity contribution in [1.29, 1.82) is 0 Å². The van der Waals surface area contributed by atoms with Crippen molar-refractivity contribution in [2.45, 2.75) is 44.3 Å². The minimum absolute atomic E-state index is 0.000165. The zero-order valence-corrected chi connectivity index (χ0v) is 19.0. The number of aliphatic hydroxyl groups excluding tert-OH is 1. The van der Waals surface area contributed by atoms with Crippen LogP contribution in [0.5, 0.6) is 0 Å². The van der Waals surface area contributed by atoms with Gasteiger partial charge in [0.25, 0.3) is 5.91 Å². The molecule has 170 valence electrons. The number of amides is 1. The topological polar surface area (TPSA) is 62.7 Å². The second-order valence-corrected chi connectivity index (χ2v) is 9.12. The molecule has 33 heavy (non-hydrogen) atoms. The van der Waals surface area contributed by atoms with Crippen LogP contribution in [0, 0.1) is 0 Å². The summed E-state index contributed by atoms with van der Waals surface area (Å²) in [7, 11) is 1.62. The van der Waals surface area contributed by atoms with E-state index in [1.165, 1.54) is 24.0 Å². The van der Waals surface area contributed by atoms with Gasteiger partial charge in [0.05, 0.1) is 18.9 Å². The van der Waals surface area contributed by atoms with E-state index in [9.17, 15) is 9.90 Å². The molecule has 3 aromatic rings. The molecule has 1 saturated heterocycles. The zero-order chi connectivity index (χ0) is 22.8. The maximum Gasteiger partial charge on any atom is 0.272 e. The van der Waals surface area contributed by atoms with Crippen molar-refractivity contribution in [3.63, 3.8) is 0 Å². The second kappa shape index (κ2) is 9.46. The Hall–Kier alpha value is -3.02. The molecule has 2 aliphatic rings. The maximum atomic E-state index is 13.1. The van der Waals surface area contributed by atoms with Gasteiger partial charge in [-0.05, 0) is 71.2 Å². The monoisotopic (exact) mass is 442 g/mol. The van der Waals surface area contributed by atoms with Gasteiger partial charge in [0.15, 0.2) is 0 Å². The summed E-state index contributed by atoms with van der Waals surface area (Å²) in [6.07, 6.45) is 3.41. The summed E-state index contributed by atoms with van der Waals surface area (Å²) in [6, 6.07) is 20.6. The van der Waals surface area contributed by atoms with Gasteiger partial charge in [-0.1, -0.05) is 42.5 Å². The van der Waals surface area contributed by atoms with Crippen LogP contribution in [0.3, 0.4) is 0 Å². The van der Waals surface area contributed by atoms with E-state index in [4.69, 9.17) is 4.74 Å². The van der Waals surface area contributed by atoms with Gasteiger partial charge in [0.1, 0.15) is 5.69 Å². The molecule has 1 saturated carbocycles. The molecular formula is C28H30N2O3. The standard InChI is InChI=1S/C28H30N2O3/c1-33-18-23-5-4-8-27(29-23)28(32)30-14-13-21(16-30)24-12-11-20(15-22(24)17-31)26-7-3-2-6-25(26)19-9-10-19/h2-8,11-12,15,19,21,31H,9-10,13-14,16-18H2,1H3/t21-/m0/s1. The number of hydrogen-bond acceptors (Lipinski definition) is 4. The summed E-state index contributed by atoms with van der Waals surface area (Å²) in [4.78, 5) is 19.4. The van der Waals surface area contributed by atoms with Crippen LogP contribution >= 0.6 is 0 Å². The van der Waals surface area contributed by atoms with E-state index in [0.29, 0.717) is 31.3 Å². The third-order valence-electron chi connectivity index (χ3n) is 6.84. The number of carbonyl (C=O) groups excluding carboxylic acids is 1. The second-order valence-electron chi connectivity index (χ2n) is 9.12. The fraction of sp³-hybridized carbons (Fsp3) is 0.357. The molecule has 5 heteroatoms. The lowest BCUT2D eigenvalue weighted by atomic mass is 9.89. The first-order chi connectivity index (χ1) is 16.2. The highest BCUT2D eigenvalue weighted by Crippen LogP contribution is 2.44. The third-order valence-corrected chi connectivity index (χ3v) is 6.84. The highest BCUT2D eigenvalue weighted by molar-refractivity contribution is 5.92. The van der Waals surface area contributed by atoms with E-state index in [-0.39, 0.29) is 18.4 Å². The van der Waals surface area contributed by atoms with E-state index in [2.05, 4.69) is 47.4 Å². The van der Waals surface area contributed by atoms with Crippen molar-refractivity contribution in [1.82, 2.24) is 9.88 Å². The lowest BCUT2D eigenvalue weighted by Crippen LogP contribution is -2.29. The summed E-state index contributed by atoms with van der Waals surface area (Å²) >= 11 is 0. The first kappa shape index (κ1) is 21.8. The molecule has 1 N–H and O–H groups in total. The molecule has 0 spiro atoms. The first-order valence-electron chi connectivity index (χ1n) is 11.7. The Bertz CT molecular complexity index is 1160. The van der Waals surface area contributed by atoms with Crippen molar-refractivity contribution in [2.24, 2.45) is 0 Å². The number of pyridine rings is 1. The number of rotatable bonds is 7. The molecule has 1 atom stereocenters.